The summed E-state index contributed by atoms with van der Waals surface area (Å²) >= 11 is 0. The molecule has 1 fully saturated rings. The van der Waals surface area contributed by atoms with Gasteiger partial charge in [-0.25, -0.2) is 14.3 Å². The van der Waals surface area contributed by atoms with Crippen LogP contribution in [0.1, 0.15) is 80.7 Å². The number of nitrogens with zero attached hydrogens (tertiary/aromatic N) is 6. The number of likely N-dealkylation sites (tertiary alicyclic amines) is 1. The number of piperidine rings is 1. The van der Waals surface area contributed by atoms with Gasteiger partial charge in [-0.15, -0.1) is 17.5 Å². The molecular formula is C45H45ClN6O10. The third-order valence-corrected chi connectivity index (χ3v) is 12.7. The van der Waals surface area contributed by atoms with E-state index in [0.717, 1.165) is 16.5 Å². The molecule has 6 heterocycles. The second-order valence-electron chi connectivity index (χ2n) is 16.2. The van der Waals surface area contributed by atoms with Gasteiger partial charge in [0.15, 0.2) is 5.82 Å². The summed E-state index contributed by atoms with van der Waals surface area (Å²) in [7, 11) is 0. The van der Waals surface area contributed by atoms with Gasteiger partial charge in [0.2, 0.25) is 0 Å². The van der Waals surface area contributed by atoms with Gasteiger partial charge in [-0.3, -0.25) is 9.59 Å². The van der Waals surface area contributed by atoms with Crippen molar-refractivity contribution in [3.63, 3.8) is 0 Å². The SMILES string of the molecule is CCc1c2c(nc3ccc(O)cc13)-c1cc3c(c(=O)n1C2)COC(=O)C3(CC)[C@@H]1CC(Oc2ccc(-n3c(O)nnc3-c3cc(C(C)C)c(O)cc3O)cc2)CCN1C(=O)O.Cl. The number of aromatic hydroxyl groups is 4. The van der Waals surface area contributed by atoms with E-state index >= 15 is 0 Å². The van der Waals surface area contributed by atoms with Gasteiger partial charge in [-0.1, -0.05) is 32.8 Å². The lowest BCUT2D eigenvalue weighted by Crippen LogP contribution is -2.62. The van der Waals surface area contributed by atoms with Gasteiger partial charge in [0.1, 0.15) is 41.1 Å². The number of amides is 1. The normalized spacial score (nSPS) is 19.1. The van der Waals surface area contributed by atoms with E-state index in [2.05, 4.69) is 10.2 Å². The smallest absolute Gasteiger partial charge is 0.407 e. The van der Waals surface area contributed by atoms with Crippen LogP contribution in [0.15, 0.2) is 65.5 Å². The average molecular weight is 865 g/mol. The quantitative estimate of drug-likeness (QED) is 0.0983. The molecule has 0 radical (unpaired) electrons. The Kier molecular flexibility index (Phi) is 10.5. The van der Waals surface area contributed by atoms with Gasteiger partial charge in [-0.05, 0) is 90.0 Å². The number of halogens is 1. The van der Waals surface area contributed by atoms with Crippen LogP contribution in [0, 0.1) is 0 Å². The second kappa shape index (κ2) is 15.6. The third-order valence-electron chi connectivity index (χ3n) is 12.7. The maximum atomic E-state index is 14.4. The Morgan fingerprint density at radius 2 is 1.73 bits per heavy atom. The molecule has 0 saturated carbocycles. The van der Waals surface area contributed by atoms with E-state index in [0.29, 0.717) is 57.9 Å². The monoisotopic (exact) mass is 864 g/mol. The van der Waals surface area contributed by atoms with Gasteiger partial charge in [0.05, 0.1) is 46.3 Å². The third kappa shape index (κ3) is 6.42. The van der Waals surface area contributed by atoms with Gasteiger partial charge in [0, 0.05) is 36.4 Å². The van der Waals surface area contributed by atoms with E-state index in [1.54, 1.807) is 60.0 Å². The molecule has 17 heteroatoms. The lowest BCUT2D eigenvalue weighted by molar-refractivity contribution is -0.159. The molecule has 6 aromatic rings. The van der Waals surface area contributed by atoms with E-state index < -0.39 is 35.6 Å². The molecule has 5 N–H and O–H groups in total. The number of aromatic nitrogens is 5. The minimum atomic E-state index is -1.55. The molecule has 1 amide bonds. The standard InChI is InChI=1S/C45H44N6O10.ClH/c1-5-27-29-15-24(52)9-12-34(29)46-39-31(27)20-50-35(39)18-33-32(41(50)55)21-60-42(56)45(33,6-2)38-16-26(13-14-49(38)44(58)59)61-25-10-7-23(8-11-25)51-40(47-48-43(51)57)30-17-28(22(3)4)36(53)19-37(30)54;/h7-12,15,17-19,22,26,38,52-54H,5-6,13-14,16,20-21H2,1-4H3,(H,48,57)(H,58,59);1H/t26?,38-,45?;/m0./s1. The fourth-order valence-corrected chi connectivity index (χ4v) is 9.67. The summed E-state index contributed by atoms with van der Waals surface area (Å²) in [5, 5.41) is 61.5. The zero-order chi connectivity index (χ0) is 43.1. The molecule has 3 atom stereocenters. The molecule has 3 aliphatic rings. The predicted octanol–water partition coefficient (Wildman–Crippen LogP) is 6.90. The van der Waals surface area contributed by atoms with Crippen molar-refractivity contribution in [3.8, 4) is 57.5 Å². The van der Waals surface area contributed by atoms with Gasteiger partial charge in [0.25, 0.3) is 5.56 Å². The number of aryl methyl sites for hydroxylation is 1. The largest absolute Gasteiger partial charge is 0.508 e. The first kappa shape index (κ1) is 41.9. The lowest BCUT2D eigenvalue weighted by Gasteiger charge is -2.49. The van der Waals surface area contributed by atoms with Gasteiger partial charge < -0.3 is 44.5 Å². The van der Waals surface area contributed by atoms with E-state index in [-0.39, 0.29) is 85.1 Å². The Morgan fingerprint density at radius 3 is 2.42 bits per heavy atom. The van der Waals surface area contributed by atoms with Crippen LogP contribution >= 0.6 is 12.4 Å². The van der Waals surface area contributed by atoms with Crippen LogP contribution in [0.4, 0.5) is 4.79 Å². The van der Waals surface area contributed by atoms with Crippen LogP contribution in [0.25, 0.3) is 39.4 Å². The number of hydrogen-bond donors (Lipinski definition) is 5. The average Bonchev–Trinajstić information content (AvgIpc) is 3.80. The number of carbonyl (C=O) groups is 2. The first-order valence-corrected chi connectivity index (χ1v) is 20.3. The Hall–Kier alpha value is -6.81. The number of esters is 1. The Labute approximate surface area is 361 Å². The summed E-state index contributed by atoms with van der Waals surface area (Å²) in [6.45, 7) is 7.64. The van der Waals surface area contributed by atoms with Crippen LogP contribution < -0.4 is 10.3 Å². The predicted molar refractivity (Wildman–Crippen MR) is 229 cm³/mol. The highest BCUT2D eigenvalue weighted by Crippen LogP contribution is 2.47. The summed E-state index contributed by atoms with van der Waals surface area (Å²) in [6, 6.07) is 14.9. The number of phenolic OH excluding ortho intramolecular Hbond substituents is 3. The number of benzene rings is 3. The highest BCUT2D eigenvalue weighted by atomic mass is 35.5. The number of cyclic esters (lactones) is 1. The Morgan fingerprint density at radius 1 is 0.968 bits per heavy atom. The fraction of sp³-hybridized carbons (Fsp3) is 0.333. The lowest BCUT2D eigenvalue weighted by atomic mass is 9.66. The number of pyridine rings is 2. The Balaban J connectivity index is 0.00000529. The summed E-state index contributed by atoms with van der Waals surface area (Å²) < 4.78 is 15.3. The van der Waals surface area contributed by atoms with E-state index in [1.807, 2.05) is 26.8 Å². The molecule has 62 heavy (non-hydrogen) atoms. The number of rotatable bonds is 8. The van der Waals surface area contributed by atoms with Crippen molar-refractivity contribution in [1.29, 1.82) is 0 Å². The molecule has 16 nitrogen and oxygen atoms in total. The van der Waals surface area contributed by atoms with Gasteiger partial charge in [-0.2, -0.15) is 0 Å². The molecule has 1 saturated heterocycles. The van der Waals surface area contributed by atoms with E-state index in [4.69, 9.17) is 14.5 Å². The number of carbonyl (C=O) groups excluding carboxylic acids is 1. The molecule has 3 aromatic carbocycles. The molecular weight excluding hydrogens is 820 g/mol. The first-order chi connectivity index (χ1) is 29.2. The first-order valence-electron chi connectivity index (χ1n) is 20.3. The maximum Gasteiger partial charge on any atom is 0.407 e. The van der Waals surface area contributed by atoms with Crippen molar-refractivity contribution in [2.45, 2.75) is 90.0 Å². The Bertz CT molecular complexity index is 2860. The number of phenols is 3. The maximum absolute atomic E-state index is 14.4. The number of carboxylic acid groups (broad SMARTS) is 1. The minimum absolute atomic E-state index is 0. The summed E-state index contributed by atoms with van der Waals surface area (Å²) in [4.78, 5) is 47.9. The van der Waals surface area contributed by atoms with Crippen LogP contribution in [0.3, 0.4) is 0 Å². The van der Waals surface area contributed by atoms with E-state index in [9.17, 15) is 39.9 Å². The number of hydrogen-bond acceptors (Lipinski definition) is 12. The van der Waals surface area contributed by atoms with Crippen LogP contribution in [-0.4, -0.2) is 85.5 Å². The van der Waals surface area contributed by atoms with Crippen molar-refractivity contribution >= 4 is 35.4 Å². The zero-order valence-corrected chi connectivity index (χ0v) is 35.1. The topological polar surface area (TPSA) is 223 Å². The van der Waals surface area contributed by atoms with Gasteiger partial charge >= 0.3 is 18.1 Å². The van der Waals surface area contributed by atoms with Crippen molar-refractivity contribution in [3.05, 3.63) is 98.8 Å². The van der Waals surface area contributed by atoms with Crippen LogP contribution in [-0.2, 0) is 34.5 Å². The van der Waals surface area contributed by atoms with E-state index in [1.165, 1.54) is 15.5 Å². The molecule has 0 bridgehead atoms. The highest BCUT2D eigenvalue weighted by molar-refractivity contribution is 5.91. The van der Waals surface area contributed by atoms with Crippen molar-refractivity contribution in [2.24, 2.45) is 0 Å². The number of fused-ring (bicyclic) bond motifs is 5. The van der Waals surface area contributed by atoms with Crippen molar-refractivity contribution in [2.75, 3.05) is 6.54 Å². The highest BCUT2D eigenvalue weighted by Gasteiger charge is 2.56. The minimum Gasteiger partial charge on any atom is -0.508 e. The van der Waals surface area contributed by atoms with Crippen molar-refractivity contribution in [1.82, 2.24) is 29.2 Å². The second-order valence-corrected chi connectivity index (χ2v) is 16.2. The molecule has 0 spiro atoms. The number of ether oxygens (including phenoxy) is 2. The summed E-state index contributed by atoms with van der Waals surface area (Å²) in [6.07, 6.45) is -0.586. The molecule has 3 aromatic heterocycles. The molecule has 2 unspecified atom stereocenters. The summed E-state index contributed by atoms with van der Waals surface area (Å²) in [5.74, 6) is -0.315. The fourth-order valence-electron chi connectivity index (χ4n) is 9.67. The molecule has 322 valence electrons. The van der Waals surface area contributed by atoms with Crippen molar-refractivity contribution < 1.29 is 44.6 Å². The zero-order valence-electron chi connectivity index (χ0n) is 34.3. The molecule has 0 aliphatic carbocycles. The van der Waals surface area contributed by atoms with Crippen LogP contribution in [0.5, 0.6) is 29.0 Å². The molecule has 9 rings (SSSR count). The van der Waals surface area contributed by atoms with Crippen LogP contribution in [0.2, 0.25) is 0 Å². The summed E-state index contributed by atoms with van der Waals surface area (Å²) in [5.41, 5.74) is 3.71. The molecule has 3 aliphatic heterocycles.